The lowest BCUT2D eigenvalue weighted by atomic mass is 10.2. The Morgan fingerprint density at radius 1 is 1.17 bits per heavy atom. The summed E-state index contributed by atoms with van der Waals surface area (Å²) in [6.07, 6.45) is 0. The van der Waals surface area contributed by atoms with Crippen LogP contribution in [-0.4, -0.2) is 22.0 Å². The quantitative estimate of drug-likeness (QED) is 0.725. The second-order valence-electron chi connectivity index (χ2n) is 5.38. The zero-order chi connectivity index (χ0) is 16.0. The van der Waals surface area contributed by atoms with Crippen molar-refractivity contribution in [2.24, 2.45) is 0 Å². The molecule has 4 nitrogen and oxygen atoms in total. The molecular weight excluding hydrogens is 326 g/mol. The van der Waals surface area contributed by atoms with Crippen molar-refractivity contribution < 1.29 is 4.79 Å². The first kappa shape index (κ1) is 14.3. The van der Waals surface area contributed by atoms with Gasteiger partial charge in [-0.25, -0.2) is 4.98 Å². The van der Waals surface area contributed by atoms with Crippen LogP contribution in [0.5, 0.6) is 0 Å². The molecule has 0 saturated carbocycles. The van der Waals surface area contributed by atoms with Gasteiger partial charge in [0.25, 0.3) is 5.91 Å². The molecular formula is C17H13N3OS2. The fraction of sp³-hybridized carbons (Fsp3) is 0.118. The molecule has 0 unspecified atom stereocenters. The smallest absolute Gasteiger partial charge is 0.255 e. The molecule has 1 atom stereocenters. The van der Waals surface area contributed by atoms with Crippen LogP contribution >= 0.6 is 23.6 Å². The first-order valence-corrected chi connectivity index (χ1v) is 8.46. The Balaban J connectivity index is 1.68. The third-order valence-corrected chi connectivity index (χ3v) is 5.19. The summed E-state index contributed by atoms with van der Waals surface area (Å²) in [5.41, 5.74) is 2.82. The van der Waals surface area contributed by atoms with E-state index in [9.17, 15) is 4.79 Å². The fourth-order valence-corrected chi connectivity index (χ4v) is 3.94. The third-order valence-electron chi connectivity index (χ3n) is 3.80. The molecule has 1 saturated heterocycles. The Morgan fingerprint density at radius 2 is 1.91 bits per heavy atom. The van der Waals surface area contributed by atoms with Gasteiger partial charge in [-0.3, -0.25) is 9.69 Å². The van der Waals surface area contributed by atoms with Gasteiger partial charge in [0.05, 0.1) is 15.9 Å². The van der Waals surface area contributed by atoms with E-state index in [0.717, 1.165) is 21.8 Å². The van der Waals surface area contributed by atoms with Crippen molar-refractivity contribution in [3.63, 3.8) is 0 Å². The van der Waals surface area contributed by atoms with Crippen LogP contribution in [0, 0.1) is 0 Å². The van der Waals surface area contributed by atoms with Crippen LogP contribution in [0.1, 0.15) is 6.92 Å². The maximum absolute atomic E-state index is 12.2. The van der Waals surface area contributed by atoms with Crippen molar-refractivity contribution in [1.29, 1.82) is 0 Å². The van der Waals surface area contributed by atoms with Gasteiger partial charge in [0.1, 0.15) is 11.0 Å². The maximum atomic E-state index is 12.2. The van der Waals surface area contributed by atoms with E-state index < -0.39 is 0 Å². The average Bonchev–Trinajstić information content (AvgIpc) is 3.09. The van der Waals surface area contributed by atoms with Crippen molar-refractivity contribution in [1.82, 2.24) is 10.3 Å². The number of rotatable bonds is 2. The number of nitrogens with zero attached hydrogens (tertiary/aromatic N) is 2. The number of benzene rings is 2. The Bertz CT molecular complexity index is 884. The molecule has 0 spiro atoms. The van der Waals surface area contributed by atoms with Gasteiger partial charge in [0, 0.05) is 5.56 Å². The van der Waals surface area contributed by atoms with E-state index in [4.69, 9.17) is 12.2 Å². The highest BCUT2D eigenvalue weighted by atomic mass is 32.1. The lowest BCUT2D eigenvalue weighted by Gasteiger charge is -2.14. The minimum absolute atomic E-state index is 0.0252. The van der Waals surface area contributed by atoms with E-state index in [2.05, 4.69) is 16.4 Å². The van der Waals surface area contributed by atoms with Crippen molar-refractivity contribution in [2.45, 2.75) is 13.0 Å². The van der Waals surface area contributed by atoms with E-state index in [1.54, 1.807) is 16.2 Å². The third kappa shape index (κ3) is 2.40. The van der Waals surface area contributed by atoms with Gasteiger partial charge < -0.3 is 5.32 Å². The lowest BCUT2D eigenvalue weighted by Crippen LogP contribution is -2.30. The summed E-state index contributed by atoms with van der Waals surface area (Å²) in [6.45, 7) is 1.81. The molecule has 3 aromatic rings. The standard InChI is InChI=1S/C17H13N3OS2/c1-10-16(21)20(17(22)18-10)12-8-6-11(7-9-12)15-19-13-4-2-3-5-14(13)23-15/h2-10H,1H3,(H,18,22)/t10-/m1/s1. The molecule has 1 aromatic heterocycles. The fourth-order valence-electron chi connectivity index (χ4n) is 2.60. The molecule has 23 heavy (non-hydrogen) atoms. The molecule has 2 heterocycles. The van der Waals surface area contributed by atoms with Crippen LogP contribution in [0.25, 0.3) is 20.8 Å². The normalized spacial score (nSPS) is 17.8. The summed E-state index contributed by atoms with van der Waals surface area (Å²) in [7, 11) is 0. The number of hydrogen-bond donors (Lipinski definition) is 1. The van der Waals surface area contributed by atoms with Crippen LogP contribution in [-0.2, 0) is 4.79 Å². The summed E-state index contributed by atoms with van der Waals surface area (Å²) >= 11 is 6.89. The number of anilines is 1. The average molecular weight is 339 g/mol. The summed E-state index contributed by atoms with van der Waals surface area (Å²) in [4.78, 5) is 18.3. The Kier molecular flexibility index (Phi) is 3.36. The highest BCUT2D eigenvalue weighted by molar-refractivity contribution is 7.80. The van der Waals surface area contributed by atoms with Gasteiger partial charge in [-0.05, 0) is 55.5 Å². The zero-order valence-corrected chi connectivity index (χ0v) is 13.9. The topological polar surface area (TPSA) is 45.2 Å². The summed E-state index contributed by atoms with van der Waals surface area (Å²) in [6, 6.07) is 15.6. The molecule has 6 heteroatoms. The molecule has 114 valence electrons. The molecule has 0 bridgehead atoms. The van der Waals surface area contributed by atoms with Gasteiger partial charge in [0.15, 0.2) is 5.11 Å². The number of amides is 1. The first-order valence-electron chi connectivity index (χ1n) is 7.24. The van der Waals surface area contributed by atoms with Crippen molar-refractivity contribution in [3.05, 3.63) is 48.5 Å². The van der Waals surface area contributed by atoms with Gasteiger partial charge in [-0.15, -0.1) is 11.3 Å². The largest absolute Gasteiger partial charge is 0.350 e. The molecule has 1 N–H and O–H groups in total. The number of carbonyl (C=O) groups is 1. The minimum Gasteiger partial charge on any atom is -0.350 e. The summed E-state index contributed by atoms with van der Waals surface area (Å²) < 4.78 is 1.17. The number of thiocarbonyl (C=S) groups is 1. The van der Waals surface area contributed by atoms with Gasteiger partial charge in [0.2, 0.25) is 0 Å². The second-order valence-corrected chi connectivity index (χ2v) is 6.80. The van der Waals surface area contributed by atoms with Crippen molar-refractivity contribution >= 4 is 50.5 Å². The molecule has 1 aliphatic rings. The lowest BCUT2D eigenvalue weighted by molar-refractivity contribution is -0.117. The Hall–Kier alpha value is -2.31. The number of hydrogen-bond acceptors (Lipinski definition) is 4. The number of fused-ring (bicyclic) bond motifs is 1. The van der Waals surface area contributed by atoms with E-state index in [-0.39, 0.29) is 11.9 Å². The van der Waals surface area contributed by atoms with Crippen LogP contribution in [0.2, 0.25) is 0 Å². The monoisotopic (exact) mass is 339 g/mol. The summed E-state index contributed by atoms with van der Waals surface area (Å²) in [5.74, 6) is -0.0252. The highest BCUT2D eigenvalue weighted by Crippen LogP contribution is 2.31. The molecule has 0 aliphatic carbocycles. The van der Waals surface area contributed by atoms with E-state index >= 15 is 0 Å². The highest BCUT2D eigenvalue weighted by Gasteiger charge is 2.33. The van der Waals surface area contributed by atoms with Crippen LogP contribution in [0.4, 0.5) is 5.69 Å². The van der Waals surface area contributed by atoms with Crippen LogP contribution in [0.15, 0.2) is 48.5 Å². The predicted molar refractivity (Wildman–Crippen MR) is 97.7 cm³/mol. The Labute approximate surface area is 142 Å². The van der Waals surface area contributed by atoms with Crippen LogP contribution < -0.4 is 10.2 Å². The molecule has 2 aromatic carbocycles. The number of para-hydroxylation sites is 1. The van der Waals surface area contributed by atoms with Gasteiger partial charge in [-0.2, -0.15) is 0 Å². The predicted octanol–water partition coefficient (Wildman–Crippen LogP) is 3.57. The van der Waals surface area contributed by atoms with E-state index in [1.165, 1.54) is 4.70 Å². The molecule has 1 amide bonds. The number of carbonyl (C=O) groups excluding carboxylic acids is 1. The van der Waals surface area contributed by atoms with Crippen molar-refractivity contribution in [2.75, 3.05) is 4.90 Å². The van der Waals surface area contributed by atoms with E-state index in [0.29, 0.717) is 5.11 Å². The van der Waals surface area contributed by atoms with E-state index in [1.807, 2.05) is 49.4 Å². The first-order chi connectivity index (χ1) is 11.1. The minimum atomic E-state index is -0.272. The number of thiazole rings is 1. The molecule has 4 rings (SSSR count). The second kappa shape index (κ2) is 5.40. The zero-order valence-electron chi connectivity index (χ0n) is 12.3. The maximum Gasteiger partial charge on any atom is 0.255 e. The molecule has 1 aliphatic heterocycles. The molecule has 1 fully saturated rings. The number of nitrogens with one attached hydrogen (secondary N) is 1. The van der Waals surface area contributed by atoms with Crippen LogP contribution in [0.3, 0.4) is 0 Å². The Morgan fingerprint density at radius 3 is 2.57 bits per heavy atom. The molecule has 0 radical (unpaired) electrons. The number of aromatic nitrogens is 1. The van der Waals surface area contributed by atoms with Gasteiger partial charge >= 0.3 is 0 Å². The van der Waals surface area contributed by atoms with Crippen molar-refractivity contribution in [3.8, 4) is 10.6 Å². The summed E-state index contributed by atoms with van der Waals surface area (Å²) in [5, 5.41) is 4.40. The SMILES string of the molecule is C[C@H]1NC(=S)N(c2ccc(-c3nc4ccccc4s3)cc2)C1=O. The van der Waals surface area contributed by atoms with Gasteiger partial charge in [-0.1, -0.05) is 12.1 Å².